The van der Waals surface area contributed by atoms with Crippen molar-refractivity contribution in [1.82, 2.24) is 0 Å². The highest BCUT2D eigenvalue weighted by atomic mass is 16.7. The Kier molecular flexibility index (Phi) is 12.6. The third kappa shape index (κ3) is 19.4. The number of rotatable bonds is 15. The molecular weight excluding hydrogens is 270 g/mol. The van der Waals surface area contributed by atoms with Gasteiger partial charge in [-0.1, -0.05) is 64.2 Å². The van der Waals surface area contributed by atoms with Crippen LogP contribution in [0.4, 0.5) is 0 Å². The largest absolute Gasteiger partial charge is 0.370 e. The second-order valence-electron chi connectivity index (χ2n) is 5.98. The SMILES string of the molecule is NC(=O)CCCCCCCCCCCCCCC(O)(O)O. The van der Waals surface area contributed by atoms with Crippen LogP contribution in [0.1, 0.15) is 89.9 Å². The van der Waals surface area contributed by atoms with E-state index in [1.54, 1.807) is 0 Å². The van der Waals surface area contributed by atoms with Gasteiger partial charge >= 0.3 is 0 Å². The zero-order valence-electron chi connectivity index (χ0n) is 13.2. The second-order valence-corrected chi connectivity index (χ2v) is 5.98. The Labute approximate surface area is 128 Å². The van der Waals surface area contributed by atoms with Gasteiger partial charge < -0.3 is 21.1 Å². The number of hydrogen-bond donors (Lipinski definition) is 4. The number of aliphatic hydroxyl groups is 3. The molecule has 0 saturated carbocycles. The predicted octanol–water partition coefficient (Wildman–Crippen LogP) is 2.56. The maximum Gasteiger partial charge on any atom is 0.275 e. The van der Waals surface area contributed by atoms with Gasteiger partial charge in [0.15, 0.2) is 0 Å². The molecule has 0 spiro atoms. The molecule has 0 bridgehead atoms. The van der Waals surface area contributed by atoms with Gasteiger partial charge in [0.1, 0.15) is 0 Å². The average molecular weight is 303 g/mol. The van der Waals surface area contributed by atoms with Crippen LogP contribution in [0, 0.1) is 0 Å². The van der Waals surface area contributed by atoms with E-state index in [-0.39, 0.29) is 12.3 Å². The van der Waals surface area contributed by atoms with Crippen LogP contribution in [-0.4, -0.2) is 27.2 Å². The first-order valence-corrected chi connectivity index (χ1v) is 8.37. The Balaban J connectivity index is 3.04. The average Bonchev–Trinajstić information content (AvgIpc) is 2.37. The number of unbranched alkanes of at least 4 members (excludes halogenated alkanes) is 11. The lowest BCUT2D eigenvalue weighted by Crippen LogP contribution is -2.26. The molecule has 0 radical (unpaired) electrons. The highest BCUT2D eigenvalue weighted by Crippen LogP contribution is 2.14. The maximum absolute atomic E-state index is 10.5. The molecule has 0 unspecified atom stereocenters. The molecule has 0 aromatic heterocycles. The van der Waals surface area contributed by atoms with Gasteiger partial charge in [-0.2, -0.15) is 0 Å². The first kappa shape index (κ1) is 20.3. The molecule has 0 aromatic rings. The van der Waals surface area contributed by atoms with E-state index in [2.05, 4.69) is 0 Å². The summed E-state index contributed by atoms with van der Waals surface area (Å²) in [5.74, 6) is -2.69. The van der Waals surface area contributed by atoms with Crippen molar-refractivity contribution in [2.75, 3.05) is 0 Å². The summed E-state index contributed by atoms with van der Waals surface area (Å²) in [6.45, 7) is 0. The van der Waals surface area contributed by atoms with E-state index < -0.39 is 5.97 Å². The molecule has 0 aliphatic rings. The van der Waals surface area contributed by atoms with Gasteiger partial charge in [-0.15, -0.1) is 0 Å². The first-order valence-electron chi connectivity index (χ1n) is 8.37. The van der Waals surface area contributed by atoms with Crippen LogP contribution in [0.25, 0.3) is 0 Å². The minimum atomic E-state index is -2.49. The molecule has 5 N–H and O–H groups in total. The summed E-state index contributed by atoms with van der Waals surface area (Å²) < 4.78 is 0. The second kappa shape index (κ2) is 13.0. The van der Waals surface area contributed by atoms with E-state index in [9.17, 15) is 4.79 Å². The highest BCUT2D eigenvalue weighted by molar-refractivity contribution is 5.73. The van der Waals surface area contributed by atoms with Crippen molar-refractivity contribution in [2.45, 2.75) is 95.9 Å². The zero-order valence-corrected chi connectivity index (χ0v) is 13.2. The van der Waals surface area contributed by atoms with Gasteiger partial charge in [0.25, 0.3) is 5.97 Å². The number of hydrogen-bond acceptors (Lipinski definition) is 4. The van der Waals surface area contributed by atoms with Crippen LogP contribution in [0.2, 0.25) is 0 Å². The van der Waals surface area contributed by atoms with E-state index in [1.807, 2.05) is 0 Å². The molecule has 0 aliphatic carbocycles. The number of amides is 1. The van der Waals surface area contributed by atoms with Gasteiger partial charge in [0.05, 0.1) is 0 Å². The number of nitrogens with two attached hydrogens (primary N) is 1. The maximum atomic E-state index is 10.5. The van der Waals surface area contributed by atoms with Crippen LogP contribution in [-0.2, 0) is 4.79 Å². The molecule has 0 aliphatic heterocycles. The summed E-state index contributed by atoms with van der Waals surface area (Å²) in [5, 5.41) is 26.1. The Morgan fingerprint density at radius 3 is 1.33 bits per heavy atom. The molecule has 0 aromatic carbocycles. The fraction of sp³-hybridized carbons (Fsp3) is 0.938. The van der Waals surface area contributed by atoms with Crippen LogP contribution in [0.15, 0.2) is 0 Å². The Hall–Kier alpha value is -0.650. The van der Waals surface area contributed by atoms with Crippen molar-refractivity contribution in [2.24, 2.45) is 5.73 Å². The normalized spacial score (nSPS) is 11.8. The van der Waals surface area contributed by atoms with E-state index in [4.69, 9.17) is 21.1 Å². The zero-order chi connectivity index (χ0) is 16.0. The van der Waals surface area contributed by atoms with Crippen LogP contribution < -0.4 is 5.73 Å². The molecule has 126 valence electrons. The molecule has 0 fully saturated rings. The Bertz CT molecular complexity index is 251. The summed E-state index contributed by atoms with van der Waals surface area (Å²) in [5.41, 5.74) is 5.08. The van der Waals surface area contributed by atoms with Gasteiger partial charge in [0.2, 0.25) is 5.91 Å². The van der Waals surface area contributed by atoms with E-state index in [0.717, 1.165) is 25.7 Å². The smallest absolute Gasteiger partial charge is 0.275 e. The predicted molar refractivity (Wildman–Crippen MR) is 83.2 cm³/mol. The summed E-state index contributed by atoms with van der Waals surface area (Å²) >= 11 is 0. The molecule has 0 atom stereocenters. The molecule has 0 rings (SSSR count). The fourth-order valence-corrected chi connectivity index (χ4v) is 2.43. The van der Waals surface area contributed by atoms with Crippen molar-refractivity contribution in [3.05, 3.63) is 0 Å². The molecule has 5 heteroatoms. The van der Waals surface area contributed by atoms with Crippen molar-refractivity contribution >= 4 is 5.91 Å². The van der Waals surface area contributed by atoms with Crippen molar-refractivity contribution in [3.8, 4) is 0 Å². The standard InChI is InChI=1S/C16H33NO4/c17-15(18)13-11-9-7-5-3-1-2-4-6-8-10-12-14-16(19,20)21/h19-21H,1-14H2,(H2,17,18). The molecule has 1 amide bonds. The third-order valence-corrected chi connectivity index (χ3v) is 3.69. The van der Waals surface area contributed by atoms with Crippen molar-refractivity contribution in [1.29, 1.82) is 0 Å². The summed E-state index contributed by atoms with van der Waals surface area (Å²) in [6, 6.07) is 0. The van der Waals surface area contributed by atoms with Gasteiger partial charge in [-0.05, 0) is 12.8 Å². The Morgan fingerprint density at radius 1 is 0.667 bits per heavy atom. The number of carbonyl (C=O) groups is 1. The summed E-state index contributed by atoms with van der Waals surface area (Å²) in [6.07, 6.45) is 13.9. The molecule has 0 heterocycles. The summed E-state index contributed by atoms with van der Waals surface area (Å²) in [7, 11) is 0. The lowest BCUT2D eigenvalue weighted by atomic mass is 10.0. The molecule has 5 nitrogen and oxygen atoms in total. The summed E-state index contributed by atoms with van der Waals surface area (Å²) in [4.78, 5) is 10.5. The number of primary amides is 1. The first-order chi connectivity index (χ1) is 9.92. The highest BCUT2D eigenvalue weighted by Gasteiger charge is 2.16. The van der Waals surface area contributed by atoms with Crippen LogP contribution in [0.5, 0.6) is 0 Å². The lowest BCUT2D eigenvalue weighted by molar-refractivity contribution is -0.315. The quantitative estimate of drug-likeness (QED) is 0.276. The number of carbonyl (C=O) groups excluding carboxylic acids is 1. The minimum absolute atomic E-state index is 0.0305. The lowest BCUT2D eigenvalue weighted by Gasteiger charge is -2.12. The third-order valence-electron chi connectivity index (χ3n) is 3.69. The molecule has 0 saturated heterocycles. The van der Waals surface area contributed by atoms with E-state index in [1.165, 1.54) is 44.9 Å². The fourth-order valence-electron chi connectivity index (χ4n) is 2.43. The van der Waals surface area contributed by atoms with Gasteiger partial charge in [-0.3, -0.25) is 4.79 Å². The monoisotopic (exact) mass is 303 g/mol. The van der Waals surface area contributed by atoms with Crippen molar-refractivity contribution < 1.29 is 20.1 Å². The van der Waals surface area contributed by atoms with E-state index >= 15 is 0 Å². The Morgan fingerprint density at radius 2 is 1.00 bits per heavy atom. The van der Waals surface area contributed by atoms with Crippen LogP contribution in [0.3, 0.4) is 0 Å². The molecule has 21 heavy (non-hydrogen) atoms. The van der Waals surface area contributed by atoms with Gasteiger partial charge in [0, 0.05) is 12.8 Å². The molecular formula is C16H33NO4. The van der Waals surface area contributed by atoms with Crippen LogP contribution >= 0.6 is 0 Å². The van der Waals surface area contributed by atoms with Gasteiger partial charge in [-0.25, -0.2) is 0 Å². The topological polar surface area (TPSA) is 104 Å². The van der Waals surface area contributed by atoms with E-state index in [0.29, 0.717) is 12.8 Å². The minimum Gasteiger partial charge on any atom is -0.370 e. The van der Waals surface area contributed by atoms with Crippen molar-refractivity contribution in [3.63, 3.8) is 0 Å².